The van der Waals surface area contributed by atoms with Crippen molar-refractivity contribution in [3.8, 4) is 0 Å². The summed E-state index contributed by atoms with van der Waals surface area (Å²) in [6.45, 7) is 7.06. The minimum atomic E-state index is -0.241. The Kier molecular flexibility index (Phi) is 2.81. The van der Waals surface area contributed by atoms with Gasteiger partial charge in [-0.15, -0.1) is 0 Å². The number of rotatable bonds is 2. The molecule has 0 aliphatic carbocycles. The SMILES string of the molecule is COCC1CN(C(C)(C)C)C(=O)O1. The van der Waals surface area contributed by atoms with Gasteiger partial charge in [-0.3, -0.25) is 4.90 Å². The Hall–Kier alpha value is -0.770. The molecule has 76 valence electrons. The van der Waals surface area contributed by atoms with Gasteiger partial charge in [0, 0.05) is 12.6 Å². The molecule has 1 atom stereocenters. The first-order valence-corrected chi connectivity index (χ1v) is 4.42. The largest absolute Gasteiger partial charge is 0.442 e. The molecule has 0 aromatic heterocycles. The Bertz CT molecular complexity index is 198. The summed E-state index contributed by atoms with van der Waals surface area (Å²) in [5.41, 5.74) is -0.167. The number of amides is 1. The molecule has 1 rings (SSSR count). The van der Waals surface area contributed by atoms with Crippen LogP contribution in [0.1, 0.15) is 20.8 Å². The molecule has 1 aliphatic heterocycles. The van der Waals surface area contributed by atoms with Crippen molar-refractivity contribution in [3.05, 3.63) is 0 Å². The number of hydrogen-bond donors (Lipinski definition) is 0. The molecule has 13 heavy (non-hydrogen) atoms. The van der Waals surface area contributed by atoms with Crippen LogP contribution < -0.4 is 0 Å². The maximum atomic E-state index is 11.4. The fourth-order valence-corrected chi connectivity index (χ4v) is 1.34. The molecule has 1 aliphatic rings. The number of hydrogen-bond acceptors (Lipinski definition) is 3. The highest BCUT2D eigenvalue weighted by Gasteiger charge is 2.37. The van der Waals surface area contributed by atoms with Gasteiger partial charge in [-0.05, 0) is 20.8 Å². The van der Waals surface area contributed by atoms with Gasteiger partial charge in [0.25, 0.3) is 0 Å². The van der Waals surface area contributed by atoms with E-state index < -0.39 is 0 Å². The Balaban J connectivity index is 2.57. The summed E-state index contributed by atoms with van der Waals surface area (Å²) in [7, 11) is 1.60. The number of ether oxygens (including phenoxy) is 2. The zero-order chi connectivity index (χ0) is 10.1. The Morgan fingerprint density at radius 1 is 1.62 bits per heavy atom. The molecular weight excluding hydrogens is 170 g/mol. The first-order chi connectivity index (χ1) is 5.95. The van der Waals surface area contributed by atoms with E-state index in [4.69, 9.17) is 9.47 Å². The highest BCUT2D eigenvalue weighted by Crippen LogP contribution is 2.21. The van der Waals surface area contributed by atoms with Gasteiger partial charge in [-0.25, -0.2) is 4.79 Å². The number of carbonyl (C=O) groups excluding carboxylic acids is 1. The lowest BCUT2D eigenvalue weighted by Gasteiger charge is -2.29. The summed E-state index contributed by atoms with van der Waals surface area (Å²) in [4.78, 5) is 13.1. The average Bonchev–Trinajstić information content (AvgIpc) is 2.30. The van der Waals surface area contributed by atoms with E-state index in [1.807, 2.05) is 20.8 Å². The highest BCUT2D eigenvalue weighted by atomic mass is 16.6. The van der Waals surface area contributed by atoms with E-state index in [0.29, 0.717) is 13.2 Å². The van der Waals surface area contributed by atoms with Crippen molar-refractivity contribution in [2.45, 2.75) is 32.4 Å². The molecular formula is C9H17NO3. The molecule has 4 heteroatoms. The third kappa shape index (κ3) is 2.34. The van der Waals surface area contributed by atoms with Crippen molar-refractivity contribution < 1.29 is 14.3 Å². The molecule has 4 nitrogen and oxygen atoms in total. The number of nitrogens with zero attached hydrogens (tertiary/aromatic N) is 1. The lowest BCUT2D eigenvalue weighted by Crippen LogP contribution is -2.42. The predicted octanol–water partition coefficient (Wildman–Crippen LogP) is 1.25. The van der Waals surface area contributed by atoms with Crippen LogP contribution >= 0.6 is 0 Å². The Morgan fingerprint density at radius 3 is 2.62 bits per heavy atom. The van der Waals surface area contributed by atoms with Gasteiger partial charge in [0.05, 0.1) is 13.2 Å². The van der Waals surface area contributed by atoms with Crippen LogP contribution in [0.5, 0.6) is 0 Å². The van der Waals surface area contributed by atoms with Crippen LogP contribution in [0.3, 0.4) is 0 Å². The molecule has 1 fully saturated rings. The van der Waals surface area contributed by atoms with Crippen molar-refractivity contribution in [3.63, 3.8) is 0 Å². The maximum Gasteiger partial charge on any atom is 0.410 e. The van der Waals surface area contributed by atoms with Crippen LogP contribution in [0, 0.1) is 0 Å². The topological polar surface area (TPSA) is 38.8 Å². The molecule has 1 heterocycles. The molecule has 0 aromatic carbocycles. The van der Waals surface area contributed by atoms with E-state index in [1.165, 1.54) is 0 Å². The van der Waals surface area contributed by atoms with Crippen LogP contribution in [0.25, 0.3) is 0 Å². The zero-order valence-electron chi connectivity index (χ0n) is 8.66. The van der Waals surface area contributed by atoms with E-state index in [-0.39, 0.29) is 17.7 Å². The lowest BCUT2D eigenvalue weighted by atomic mass is 10.1. The molecule has 0 radical (unpaired) electrons. The minimum Gasteiger partial charge on any atom is -0.442 e. The van der Waals surface area contributed by atoms with E-state index in [9.17, 15) is 4.79 Å². The van der Waals surface area contributed by atoms with Gasteiger partial charge in [0.15, 0.2) is 0 Å². The second-order valence-electron chi connectivity index (χ2n) is 4.24. The molecule has 1 saturated heterocycles. The summed E-state index contributed by atoms with van der Waals surface area (Å²) >= 11 is 0. The number of cyclic esters (lactones) is 1. The summed E-state index contributed by atoms with van der Waals surface area (Å²) in [5.74, 6) is 0. The summed E-state index contributed by atoms with van der Waals surface area (Å²) in [5, 5.41) is 0. The lowest BCUT2D eigenvalue weighted by molar-refractivity contribution is 0.0711. The third-order valence-electron chi connectivity index (χ3n) is 2.04. The average molecular weight is 187 g/mol. The molecule has 1 amide bonds. The normalized spacial score (nSPS) is 23.5. The fourth-order valence-electron chi connectivity index (χ4n) is 1.34. The first-order valence-electron chi connectivity index (χ1n) is 4.42. The maximum absolute atomic E-state index is 11.4. The quantitative estimate of drug-likeness (QED) is 0.653. The van der Waals surface area contributed by atoms with Crippen LogP contribution in [0.2, 0.25) is 0 Å². The summed E-state index contributed by atoms with van der Waals surface area (Å²) in [6.07, 6.45) is -0.355. The Labute approximate surface area is 78.8 Å². The highest BCUT2D eigenvalue weighted by molar-refractivity contribution is 5.70. The molecule has 0 saturated carbocycles. The van der Waals surface area contributed by atoms with Gasteiger partial charge < -0.3 is 9.47 Å². The standard InChI is InChI=1S/C9H17NO3/c1-9(2,3)10-5-7(6-12-4)13-8(10)11/h7H,5-6H2,1-4H3. The van der Waals surface area contributed by atoms with Crippen molar-refractivity contribution in [2.75, 3.05) is 20.3 Å². The van der Waals surface area contributed by atoms with Gasteiger partial charge in [0.2, 0.25) is 0 Å². The van der Waals surface area contributed by atoms with Crippen LogP contribution in [-0.4, -0.2) is 42.9 Å². The first kappa shape index (κ1) is 10.3. The second kappa shape index (κ2) is 3.54. The van der Waals surface area contributed by atoms with Gasteiger partial charge in [-0.2, -0.15) is 0 Å². The van der Waals surface area contributed by atoms with E-state index in [1.54, 1.807) is 12.0 Å². The predicted molar refractivity (Wildman–Crippen MR) is 48.6 cm³/mol. The van der Waals surface area contributed by atoms with Crippen LogP contribution in [0.15, 0.2) is 0 Å². The monoisotopic (exact) mass is 187 g/mol. The van der Waals surface area contributed by atoms with Gasteiger partial charge >= 0.3 is 6.09 Å². The second-order valence-corrected chi connectivity index (χ2v) is 4.24. The number of methoxy groups -OCH3 is 1. The zero-order valence-corrected chi connectivity index (χ0v) is 8.66. The van der Waals surface area contributed by atoms with E-state index in [2.05, 4.69) is 0 Å². The molecule has 0 bridgehead atoms. The van der Waals surface area contributed by atoms with E-state index in [0.717, 1.165) is 0 Å². The van der Waals surface area contributed by atoms with Crippen LogP contribution in [-0.2, 0) is 9.47 Å². The molecule has 0 spiro atoms. The fraction of sp³-hybridized carbons (Fsp3) is 0.889. The van der Waals surface area contributed by atoms with Gasteiger partial charge in [0.1, 0.15) is 6.10 Å². The number of carbonyl (C=O) groups is 1. The van der Waals surface area contributed by atoms with Crippen molar-refractivity contribution in [1.29, 1.82) is 0 Å². The summed E-state index contributed by atoms with van der Waals surface area (Å²) < 4.78 is 10.0. The summed E-state index contributed by atoms with van der Waals surface area (Å²) in [6, 6.07) is 0. The van der Waals surface area contributed by atoms with Gasteiger partial charge in [-0.1, -0.05) is 0 Å². The van der Waals surface area contributed by atoms with Crippen molar-refractivity contribution >= 4 is 6.09 Å². The van der Waals surface area contributed by atoms with Crippen LogP contribution in [0.4, 0.5) is 4.79 Å². The Morgan fingerprint density at radius 2 is 2.23 bits per heavy atom. The van der Waals surface area contributed by atoms with Crippen molar-refractivity contribution in [2.24, 2.45) is 0 Å². The van der Waals surface area contributed by atoms with Crippen molar-refractivity contribution in [1.82, 2.24) is 4.90 Å². The smallest absolute Gasteiger partial charge is 0.410 e. The molecule has 1 unspecified atom stereocenters. The minimum absolute atomic E-state index is 0.114. The van der Waals surface area contributed by atoms with E-state index >= 15 is 0 Å². The molecule has 0 aromatic rings. The molecule has 0 N–H and O–H groups in total. The third-order valence-corrected chi connectivity index (χ3v) is 2.04.